The van der Waals surface area contributed by atoms with E-state index in [1.165, 1.54) is 0 Å². The van der Waals surface area contributed by atoms with Crippen LogP contribution in [-0.2, 0) is 0 Å². The third kappa shape index (κ3) is 4.41. The van der Waals surface area contributed by atoms with Crippen LogP contribution in [0.1, 0.15) is 0 Å². The van der Waals surface area contributed by atoms with Gasteiger partial charge in [0.15, 0.2) is 0 Å². The molecule has 4 nitrogen and oxygen atoms in total. The highest BCUT2D eigenvalue weighted by molar-refractivity contribution is 6.18. The number of para-hydroxylation sites is 2. The lowest BCUT2D eigenvalue weighted by molar-refractivity contribution is 0.668. The van der Waals surface area contributed by atoms with E-state index in [-0.39, 0.29) is 0 Å². The van der Waals surface area contributed by atoms with Crippen molar-refractivity contribution in [3.63, 3.8) is 0 Å². The lowest BCUT2D eigenvalue weighted by Crippen LogP contribution is -2.10. The van der Waals surface area contributed by atoms with Crippen LogP contribution < -0.4 is 4.90 Å². The van der Waals surface area contributed by atoms with Crippen molar-refractivity contribution in [2.45, 2.75) is 0 Å². The highest BCUT2D eigenvalue weighted by atomic mass is 16.3. The summed E-state index contributed by atoms with van der Waals surface area (Å²) in [5, 5.41) is 6.40. The molecule has 0 atom stereocenters. The predicted molar refractivity (Wildman–Crippen MR) is 214 cm³/mol. The molecule has 11 aromatic rings. The minimum Gasteiger partial charge on any atom is -0.456 e. The SMILES string of the molecule is c1ccc(-c2ccc3c(c2)oc2ccc(N(c4ccc5oc6ccccc6c5c4)c4ccc(-c5ccccc5)c5oc6ccccc6c45)cc23)cc1. The third-order valence-electron chi connectivity index (χ3n) is 10.3. The second-order valence-electron chi connectivity index (χ2n) is 13.3. The first-order chi connectivity index (χ1) is 25.8. The Morgan fingerprint density at radius 3 is 1.60 bits per heavy atom. The van der Waals surface area contributed by atoms with Crippen molar-refractivity contribution < 1.29 is 13.3 Å². The molecule has 0 spiro atoms. The molecule has 0 aliphatic rings. The largest absolute Gasteiger partial charge is 0.456 e. The summed E-state index contributed by atoms with van der Waals surface area (Å²) in [4.78, 5) is 2.34. The van der Waals surface area contributed by atoms with E-state index in [1.54, 1.807) is 0 Å². The van der Waals surface area contributed by atoms with E-state index in [9.17, 15) is 0 Å². The summed E-state index contributed by atoms with van der Waals surface area (Å²) in [6.45, 7) is 0. The fourth-order valence-corrected chi connectivity index (χ4v) is 7.84. The molecule has 0 saturated heterocycles. The van der Waals surface area contributed by atoms with Gasteiger partial charge in [0.1, 0.15) is 33.5 Å². The van der Waals surface area contributed by atoms with E-state index < -0.39 is 0 Å². The Balaban J connectivity index is 1.18. The molecule has 4 heteroatoms. The van der Waals surface area contributed by atoms with Crippen molar-refractivity contribution in [3.05, 3.63) is 176 Å². The van der Waals surface area contributed by atoms with Gasteiger partial charge in [0, 0.05) is 43.9 Å². The molecular weight excluding hydrogens is 639 g/mol. The molecule has 52 heavy (non-hydrogen) atoms. The summed E-state index contributed by atoms with van der Waals surface area (Å²) in [5.74, 6) is 0. The fourth-order valence-electron chi connectivity index (χ4n) is 7.84. The zero-order chi connectivity index (χ0) is 34.2. The van der Waals surface area contributed by atoms with Crippen LogP contribution in [-0.4, -0.2) is 0 Å². The van der Waals surface area contributed by atoms with Gasteiger partial charge in [-0.1, -0.05) is 103 Å². The van der Waals surface area contributed by atoms with Crippen LogP contribution in [0.15, 0.2) is 189 Å². The van der Waals surface area contributed by atoms with Crippen LogP contribution in [0, 0.1) is 0 Å². The Kier molecular flexibility index (Phi) is 6.22. The molecule has 0 fully saturated rings. The Hall–Kier alpha value is -7.04. The lowest BCUT2D eigenvalue weighted by Gasteiger charge is -2.27. The Morgan fingerprint density at radius 1 is 0.327 bits per heavy atom. The number of benzene rings is 8. The van der Waals surface area contributed by atoms with Gasteiger partial charge < -0.3 is 18.2 Å². The minimum absolute atomic E-state index is 0.846. The van der Waals surface area contributed by atoms with Crippen molar-refractivity contribution in [3.8, 4) is 22.3 Å². The maximum absolute atomic E-state index is 6.72. The maximum Gasteiger partial charge on any atom is 0.145 e. The second kappa shape index (κ2) is 11.2. The number of hydrogen-bond acceptors (Lipinski definition) is 4. The van der Waals surface area contributed by atoms with Gasteiger partial charge in [-0.15, -0.1) is 0 Å². The highest BCUT2D eigenvalue weighted by Crippen LogP contribution is 2.48. The zero-order valence-electron chi connectivity index (χ0n) is 27.9. The summed E-state index contributed by atoms with van der Waals surface area (Å²) < 4.78 is 19.5. The first kappa shape index (κ1) is 28.8. The van der Waals surface area contributed by atoms with Crippen molar-refractivity contribution >= 4 is 82.9 Å². The summed E-state index contributed by atoms with van der Waals surface area (Å²) in [6.07, 6.45) is 0. The smallest absolute Gasteiger partial charge is 0.145 e. The average molecular weight is 668 g/mol. The van der Waals surface area contributed by atoms with E-state index in [2.05, 4.69) is 150 Å². The number of hydrogen-bond donors (Lipinski definition) is 0. The molecule has 8 aromatic carbocycles. The topological polar surface area (TPSA) is 42.7 Å². The summed E-state index contributed by atoms with van der Waals surface area (Å²) in [7, 11) is 0. The predicted octanol–water partition coefficient (Wildman–Crippen LogP) is 14.2. The van der Waals surface area contributed by atoms with E-state index in [4.69, 9.17) is 13.3 Å². The van der Waals surface area contributed by atoms with Crippen molar-refractivity contribution in [1.29, 1.82) is 0 Å². The van der Waals surface area contributed by atoms with Gasteiger partial charge in [-0.25, -0.2) is 0 Å². The molecule has 11 rings (SSSR count). The zero-order valence-corrected chi connectivity index (χ0v) is 27.9. The molecule has 3 aromatic heterocycles. The summed E-state index contributed by atoms with van der Waals surface area (Å²) >= 11 is 0. The van der Waals surface area contributed by atoms with Gasteiger partial charge >= 0.3 is 0 Å². The number of fused-ring (bicyclic) bond motifs is 9. The molecule has 0 aliphatic carbocycles. The number of anilines is 3. The molecule has 3 heterocycles. The standard InChI is InChI=1S/C48H29NO3/c1-3-11-30(12-4-1)32-19-22-37-40-29-34(21-26-45(40)51-46(37)27-32)49(33-20-25-44-39(28-33)36-15-7-9-17-42(36)50-44)41-24-23-35(31-13-5-2-6-14-31)48-47(41)38-16-8-10-18-43(38)52-48/h1-29H. The lowest BCUT2D eigenvalue weighted by atomic mass is 9.99. The van der Waals surface area contributed by atoms with Gasteiger partial charge in [0.05, 0.1) is 11.1 Å². The van der Waals surface area contributed by atoms with Crippen LogP contribution in [0.5, 0.6) is 0 Å². The van der Waals surface area contributed by atoms with E-state index in [0.29, 0.717) is 0 Å². The third-order valence-corrected chi connectivity index (χ3v) is 10.3. The Morgan fingerprint density at radius 2 is 0.885 bits per heavy atom. The summed E-state index contributed by atoms with van der Waals surface area (Å²) in [6, 6.07) is 61.3. The number of furan rings is 3. The van der Waals surface area contributed by atoms with Crippen molar-refractivity contribution in [2.75, 3.05) is 4.90 Å². The Bertz CT molecular complexity index is 3130. The monoisotopic (exact) mass is 667 g/mol. The maximum atomic E-state index is 6.72. The van der Waals surface area contributed by atoms with Gasteiger partial charge in [0.25, 0.3) is 0 Å². The van der Waals surface area contributed by atoms with E-state index >= 15 is 0 Å². The highest BCUT2D eigenvalue weighted by Gasteiger charge is 2.24. The molecular formula is C48H29NO3. The molecule has 244 valence electrons. The number of rotatable bonds is 5. The second-order valence-corrected chi connectivity index (χ2v) is 13.3. The molecule has 0 radical (unpaired) electrons. The molecule has 0 bridgehead atoms. The minimum atomic E-state index is 0.846. The first-order valence-electron chi connectivity index (χ1n) is 17.5. The van der Waals surface area contributed by atoms with Gasteiger partial charge in [-0.2, -0.15) is 0 Å². The van der Waals surface area contributed by atoms with Gasteiger partial charge in [-0.05, 0) is 89.5 Å². The average Bonchev–Trinajstić information content (AvgIpc) is 3.90. The Labute approximate surface area is 298 Å². The quantitative estimate of drug-likeness (QED) is 0.183. The molecule has 0 amide bonds. The van der Waals surface area contributed by atoms with Crippen LogP contribution in [0.3, 0.4) is 0 Å². The first-order valence-corrected chi connectivity index (χ1v) is 17.5. The van der Waals surface area contributed by atoms with E-state index in [1.807, 2.05) is 30.3 Å². The van der Waals surface area contributed by atoms with Crippen molar-refractivity contribution in [1.82, 2.24) is 0 Å². The molecule has 0 unspecified atom stereocenters. The van der Waals surface area contributed by atoms with Gasteiger partial charge in [-0.3, -0.25) is 0 Å². The fraction of sp³-hybridized carbons (Fsp3) is 0. The molecule has 0 saturated carbocycles. The molecule has 0 N–H and O–H groups in total. The normalized spacial score (nSPS) is 11.8. The van der Waals surface area contributed by atoms with Crippen LogP contribution >= 0.6 is 0 Å². The van der Waals surface area contributed by atoms with Gasteiger partial charge in [0.2, 0.25) is 0 Å². The van der Waals surface area contributed by atoms with Crippen molar-refractivity contribution in [2.24, 2.45) is 0 Å². The van der Waals surface area contributed by atoms with Crippen LogP contribution in [0.4, 0.5) is 17.1 Å². The van der Waals surface area contributed by atoms with Crippen LogP contribution in [0.2, 0.25) is 0 Å². The molecule has 0 aliphatic heterocycles. The number of nitrogens with zero attached hydrogens (tertiary/aromatic N) is 1. The van der Waals surface area contributed by atoms with E-state index in [0.717, 1.165) is 105 Å². The van der Waals surface area contributed by atoms with Crippen LogP contribution in [0.25, 0.3) is 88.1 Å². The summed E-state index contributed by atoms with van der Waals surface area (Å²) in [5.41, 5.74) is 12.6.